The fraction of sp³-hybridized carbons (Fsp3) is 0.0870. The van der Waals surface area contributed by atoms with E-state index < -0.39 is 12.2 Å². The minimum absolute atomic E-state index is 0.128. The van der Waals surface area contributed by atoms with Crippen LogP contribution in [0.4, 0.5) is 5.82 Å². The molecule has 0 aliphatic rings. The number of carbonyl (C=O) groups excluding carboxylic acids is 1. The minimum atomic E-state index is -1.52. The van der Waals surface area contributed by atoms with Gasteiger partial charge in [-0.15, -0.1) is 0 Å². The number of halogens is 1. The lowest BCUT2D eigenvalue weighted by Crippen LogP contribution is -2.35. The van der Waals surface area contributed by atoms with E-state index in [0.717, 1.165) is 0 Å². The van der Waals surface area contributed by atoms with Crippen molar-refractivity contribution in [2.45, 2.75) is 12.8 Å². The van der Waals surface area contributed by atoms with E-state index in [4.69, 9.17) is 43.9 Å². The lowest BCUT2D eigenvalue weighted by molar-refractivity contribution is -0.144. The number of anilines is 1. The number of ketones is 1. The van der Waals surface area contributed by atoms with Crippen molar-refractivity contribution >= 4 is 40.5 Å². The van der Waals surface area contributed by atoms with Crippen molar-refractivity contribution in [1.29, 1.82) is 0 Å². The van der Waals surface area contributed by atoms with Crippen LogP contribution in [0.5, 0.6) is 17.4 Å². The van der Waals surface area contributed by atoms with Gasteiger partial charge in [0.25, 0.3) is 0 Å². The first kappa shape index (κ1) is 23.8. The average molecular weight is 498 g/mol. The van der Waals surface area contributed by atoms with Gasteiger partial charge >= 0.3 is 5.97 Å². The third kappa shape index (κ3) is 4.82. The predicted octanol–water partition coefficient (Wildman–Crippen LogP) is 2.43. The van der Waals surface area contributed by atoms with Gasteiger partial charge in [0.1, 0.15) is 34.8 Å². The van der Waals surface area contributed by atoms with E-state index in [1.807, 2.05) is 0 Å². The van der Waals surface area contributed by atoms with Crippen molar-refractivity contribution in [2.75, 3.05) is 5.73 Å². The van der Waals surface area contributed by atoms with Gasteiger partial charge in [-0.1, -0.05) is 12.1 Å². The Kier molecular flexibility index (Phi) is 6.73. The second-order valence-corrected chi connectivity index (χ2v) is 7.59. The van der Waals surface area contributed by atoms with Gasteiger partial charge in [-0.05, 0) is 48.0 Å². The maximum Gasteiger partial charge on any atom is 0.360 e. The Morgan fingerprint density at radius 3 is 2.49 bits per heavy atom. The highest BCUT2D eigenvalue weighted by Crippen LogP contribution is 2.32. The molecule has 2 aromatic heterocycles. The molecular formula is C23H20ClN5O6. The van der Waals surface area contributed by atoms with Gasteiger partial charge in [0, 0.05) is 17.0 Å². The average Bonchev–Trinajstić information content (AvgIpc) is 3.14. The molecule has 0 saturated heterocycles. The number of fused-ring (bicyclic) bond motifs is 1. The normalized spacial score (nSPS) is 11.7. The Balaban J connectivity index is 1.77. The molecule has 0 amide bonds. The largest absolute Gasteiger partial charge is 0.477 e. The number of aliphatic carboxylic acids is 1. The van der Waals surface area contributed by atoms with E-state index in [9.17, 15) is 9.59 Å². The Bertz CT molecular complexity index is 1410. The highest BCUT2D eigenvalue weighted by atomic mass is 35.5. The number of aromatic nitrogens is 2. The molecule has 0 aliphatic heterocycles. The van der Waals surface area contributed by atoms with Crippen LogP contribution in [0.1, 0.15) is 21.5 Å². The van der Waals surface area contributed by atoms with Crippen molar-refractivity contribution < 1.29 is 28.6 Å². The van der Waals surface area contributed by atoms with Gasteiger partial charge < -0.3 is 29.3 Å². The first-order valence-corrected chi connectivity index (χ1v) is 10.5. The van der Waals surface area contributed by atoms with Gasteiger partial charge in [-0.3, -0.25) is 10.5 Å². The number of carbonyl (C=O) groups is 2. The van der Waals surface area contributed by atoms with E-state index in [0.29, 0.717) is 27.9 Å². The number of nitrogens with zero attached hydrogens (tertiary/aromatic N) is 2. The van der Waals surface area contributed by atoms with Crippen LogP contribution in [0.3, 0.4) is 0 Å². The summed E-state index contributed by atoms with van der Waals surface area (Å²) in [6.45, 7) is 0.176. The second kappa shape index (κ2) is 9.89. The zero-order chi connectivity index (χ0) is 25.1. The maximum atomic E-state index is 13.4. The van der Waals surface area contributed by atoms with Crippen LogP contribution in [-0.4, -0.2) is 32.6 Å². The standard InChI is InChI=1S/C23H20ClN5O6/c24-34-14-6-4-13(5-7-14)19(30)18-16-8-9-17(35-27)28-22(16)29(20(18)25)11-12-2-1-3-15(10-12)33-21(26)23(31)32/h1-10,21H,11,25-27H2,(H,31,32)/t21-/m1/s1. The quantitative estimate of drug-likeness (QED) is 0.152. The molecule has 12 heteroatoms. The second-order valence-electron chi connectivity index (χ2n) is 7.44. The Labute approximate surface area is 203 Å². The molecule has 2 aromatic carbocycles. The highest BCUT2D eigenvalue weighted by molar-refractivity contribution is 6.19. The number of carboxylic acid groups (broad SMARTS) is 1. The number of hydrogen-bond acceptors (Lipinski definition) is 9. The van der Waals surface area contributed by atoms with Crippen molar-refractivity contribution in [2.24, 2.45) is 11.6 Å². The molecule has 4 rings (SSSR count). The summed E-state index contributed by atoms with van der Waals surface area (Å²) in [5.74, 6) is 4.58. The SMILES string of the molecule is NOc1ccc2c(C(=O)c3ccc(OCl)cc3)c(N)n(Cc3cccc(O[C@@H](N)C(=O)O)c3)c2n1. The molecule has 2 heterocycles. The van der Waals surface area contributed by atoms with Crippen molar-refractivity contribution in [3.05, 3.63) is 77.4 Å². The van der Waals surface area contributed by atoms with Gasteiger partial charge in [0.2, 0.25) is 12.1 Å². The van der Waals surface area contributed by atoms with Crippen LogP contribution in [0.2, 0.25) is 0 Å². The zero-order valence-corrected chi connectivity index (χ0v) is 18.8. The molecule has 0 bridgehead atoms. The summed E-state index contributed by atoms with van der Waals surface area (Å²) in [6.07, 6.45) is -1.52. The molecule has 0 aliphatic carbocycles. The van der Waals surface area contributed by atoms with Gasteiger partial charge in [-0.25, -0.2) is 4.79 Å². The van der Waals surface area contributed by atoms with Crippen LogP contribution in [0, 0.1) is 0 Å². The summed E-state index contributed by atoms with van der Waals surface area (Å²) in [5.41, 5.74) is 13.6. The smallest absolute Gasteiger partial charge is 0.360 e. The van der Waals surface area contributed by atoms with Crippen LogP contribution < -0.4 is 31.2 Å². The molecule has 1 atom stereocenters. The number of hydrogen-bond donors (Lipinski definition) is 4. The third-order valence-electron chi connectivity index (χ3n) is 5.22. The van der Waals surface area contributed by atoms with Gasteiger partial charge in [0.05, 0.1) is 12.1 Å². The number of carboxylic acids is 1. The van der Waals surface area contributed by atoms with Crippen LogP contribution in [-0.2, 0) is 11.3 Å². The molecule has 0 spiro atoms. The van der Waals surface area contributed by atoms with Crippen molar-refractivity contribution in [1.82, 2.24) is 9.55 Å². The van der Waals surface area contributed by atoms with Crippen LogP contribution in [0.15, 0.2) is 60.7 Å². The lowest BCUT2D eigenvalue weighted by atomic mass is 10.0. The summed E-state index contributed by atoms with van der Waals surface area (Å²) in [6, 6.07) is 16.1. The Morgan fingerprint density at radius 1 is 1.09 bits per heavy atom. The summed E-state index contributed by atoms with van der Waals surface area (Å²) in [7, 11) is 0. The van der Waals surface area contributed by atoms with Gasteiger partial charge in [-0.2, -0.15) is 10.9 Å². The summed E-state index contributed by atoms with van der Waals surface area (Å²) in [5, 5.41) is 9.48. The molecule has 7 N–H and O–H groups in total. The van der Waals surface area contributed by atoms with Crippen molar-refractivity contribution in [3.63, 3.8) is 0 Å². The van der Waals surface area contributed by atoms with E-state index >= 15 is 0 Å². The molecule has 0 saturated carbocycles. The Hall–Kier alpha value is -4.32. The van der Waals surface area contributed by atoms with E-state index in [2.05, 4.69) is 9.27 Å². The molecule has 0 fully saturated rings. The van der Waals surface area contributed by atoms with E-state index in [-0.39, 0.29) is 35.3 Å². The number of benzene rings is 2. The number of pyridine rings is 1. The van der Waals surface area contributed by atoms with Crippen molar-refractivity contribution in [3.8, 4) is 17.4 Å². The summed E-state index contributed by atoms with van der Waals surface area (Å²) < 4.78 is 11.5. The maximum absolute atomic E-state index is 13.4. The zero-order valence-electron chi connectivity index (χ0n) is 18.1. The highest BCUT2D eigenvalue weighted by Gasteiger charge is 2.24. The minimum Gasteiger partial charge on any atom is -0.477 e. The number of rotatable bonds is 9. The summed E-state index contributed by atoms with van der Waals surface area (Å²) >= 11 is 5.36. The molecule has 0 unspecified atom stereocenters. The molecule has 35 heavy (non-hydrogen) atoms. The van der Waals surface area contributed by atoms with Crippen LogP contribution in [0.25, 0.3) is 11.0 Å². The molecule has 0 radical (unpaired) electrons. The van der Waals surface area contributed by atoms with E-state index in [1.165, 1.54) is 6.07 Å². The van der Waals surface area contributed by atoms with Gasteiger partial charge in [0.15, 0.2) is 5.78 Å². The Morgan fingerprint density at radius 2 is 1.83 bits per heavy atom. The first-order chi connectivity index (χ1) is 16.8. The molecular weight excluding hydrogens is 478 g/mol. The monoisotopic (exact) mass is 497 g/mol. The van der Waals surface area contributed by atoms with Crippen LogP contribution >= 0.6 is 11.9 Å². The molecule has 180 valence electrons. The number of nitrogen functional groups attached to an aromatic ring is 1. The topological polar surface area (TPSA) is 178 Å². The molecule has 4 aromatic rings. The van der Waals surface area contributed by atoms with E-state index in [1.54, 1.807) is 59.2 Å². The fourth-order valence-electron chi connectivity index (χ4n) is 3.58. The fourth-order valence-corrected chi connectivity index (χ4v) is 3.68. The summed E-state index contributed by atoms with van der Waals surface area (Å²) in [4.78, 5) is 33.6. The number of nitrogens with two attached hydrogens (primary N) is 3. The third-order valence-corrected chi connectivity index (χ3v) is 5.40. The lowest BCUT2D eigenvalue weighted by Gasteiger charge is -2.13. The molecule has 11 nitrogen and oxygen atoms in total. The number of ether oxygens (including phenoxy) is 1. The first-order valence-electron chi connectivity index (χ1n) is 10.1. The predicted molar refractivity (Wildman–Crippen MR) is 127 cm³/mol.